The van der Waals surface area contributed by atoms with Gasteiger partial charge in [0.15, 0.2) is 0 Å². The van der Waals surface area contributed by atoms with E-state index >= 15 is 0 Å². The summed E-state index contributed by atoms with van der Waals surface area (Å²) in [5.41, 5.74) is 0.430. The van der Waals surface area contributed by atoms with Crippen molar-refractivity contribution in [2.75, 3.05) is 11.9 Å². The second kappa shape index (κ2) is 8.55. The fourth-order valence-corrected chi connectivity index (χ4v) is 4.81. The number of benzene rings is 1. The summed E-state index contributed by atoms with van der Waals surface area (Å²) in [4.78, 5) is 26.6. The Bertz CT molecular complexity index is 908. The van der Waals surface area contributed by atoms with Crippen molar-refractivity contribution < 1.29 is 14.7 Å². The van der Waals surface area contributed by atoms with E-state index in [2.05, 4.69) is 10.6 Å². The Morgan fingerprint density at radius 2 is 1.93 bits per heavy atom. The molecule has 1 aromatic carbocycles. The first kappa shape index (κ1) is 20.1. The van der Waals surface area contributed by atoms with Crippen molar-refractivity contribution in [2.24, 2.45) is 0 Å². The zero-order chi connectivity index (χ0) is 20.1. The molecule has 1 aliphatic carbocycles. The third-order valence-corrected chi connectivity index (χ3v) is 6.71. The van der Waals surface area contributed by atoms with Crippen LogP contribution in [0.5, 0.6) is 0 Å². The highest BCUT2D eigenvalue weighted by Gasteiger charge is 2.37. The number of para-hydroxylation sites is 1. The van der Waals surface area contributed by atoms with Gasteiger partial charge in [0.05, 0.1) is 17.4 Å². The summed E-state index contributed by atoms with van der Waals surface area (Å²) in [6.07, 6.45) is 3.49. The van der Waals surface area contributed by atoms with E-state index in [1.165, 1.54) is 0 Å². The van der Waals surface area contributed by atoms with Gasteiger partial charge in [-0.25, -0.2) is 0 Å². The number of hydrogen-bond donors (Lipinski definition) is 3. The van der Waals surface area contributed by atoms with Crippen LogP contribution >= 0.6 is 11.3 Å². The Balaban J connectivity index is 1.67. The van der Waals surface area contributed by atoms with E-state index in [1.807, 2.05) is 18.2 Å². The molecule has 1 heterocycles. The van der Waals surface area contributed by atoms with Gasteiger partial charge in [0, 0.05) is 21.7 Å². The van der Waals surface area contributed by atoms with E-state index in [0.29, 0.717) is 17.8 Å². The summed E-state index contributed by atoms with van der Waals surface area (Å²) in [5, 5.41) is 24.2. The molecule has 0 radical (unpaired) electrons. The Kier molecular flexibility index (Phi) is 6.12. The van der Waals surface area contributed by atoms with E-state index in [1.54, 1.807) is 42.5 Å². The van der Waals surface area contributed by atoms with Gasteiger partial charge in [0.1, 0.15) is 6.07 Å². The number of hydrogen-bond acceptors (Lipinski definition) is 5. The molecule has 0 bridgehead atoms. The lowest BCUT2D eigenvalue weighted by Gasteiger charge is -2.28. The van der Waals surface area contributed by atoms with Crippen molar-refractivity contribution in [3.8, 4) is 6.07 Å². The molecule has 0 spiro atoms. The van der Waals surface area contributed by atoms with E-state index in [-0.39, 0.29) is 5.41 Å². The molecule has 2 aromatic rings. The summed E-state index contributed by atoms with van der Waals surface area (Å²) in [5.74, 6) is -1.50. The van der Waals surface area contributed by atoms with Gasteiger partial charge in [-0.3, -0.25) is 9.59 Å². The van der Waals surface area contributed by atoms with Crippen LogP contribution in [0, 0.1) is 11.3 Å². The number of aliphatic hydroxyl groups is 1. The number of nitrogens with zero attached hydrogens (tertiary/aromatic N) is 1. The van der Waals surface area contributed by atoms with Crippen molar-refractivity contribution in [1.82, 2.24) is 5.32 Å². The quantitative estimate of drug-likeness (QED) is 0.674. The summed E-state index contributed by atoms with van der Waals surface area (Å²) in [7, 11) is 0. The van der Waals surface area contributed by atoms with Crippen molar-refractivity contribution in [3.63, 3.8) is 0 Å². The lowest BCUT2D eigenvalue weighted by Crippen LogP contribution is -2.43. The first-order valence-corrected chi connectivity index (χ1v) is 10.1. The highest BCUT2D eigenvalue weighted by Crippen LogP contribution is 2.44. The number of carbonyl (C=O) groups excluding carboxylic acids is 2. The Morgan fingerprint density at radius 3 is 2.57 bits per heavy atom. The highest BCUT2D eigenvalue weighted by atomic mass is 32.1. The number of rotatable bonds is 5. The second-order valence-electron chi connectivity index (χ2n) is 7.16. The molecule has 28 heavy (non-hydrogen) atoms. The molecule has 146 valence electrons. The molecule has 1 aliphatic rings. The van der Waals surface area contributed by atoms with E-state index in [0.717, 1.165) is 35.4 Å². The first-order chi connectivity index (χ1) is 13.4. The topological polar surface area (TPSA) is 102 Å². The fourth-order valence-electron chi connectivity index (χ4n) is 3.62. The van der Waals surface area contributed by atoms with Crippen LogP contribution < -0.4 is 10.6 Å². The summed E-state index contributed by atoms with van der Waals surface area (Å²) in [6, 6.07) is 12.5. The molecule has 0 saturated heterocycles. The minimum Gasteiger partial charge on any atom is -0.388 e. The largest absolute Gasteiger partial charge is 0.388 e. The number of carbonyl (C=O) groups is 2. The molecule has 3 rings (SSSR count). The zero-order valence-corrected chi connectivity index (χ0v) is 16.5. The van der Waals surface area contributed by atoms with Crippen LogP contribution in [0.25, 0.3) is 0 Å². The van der Waals surface area contributed by atoms with Gasteiger partial charge in [-0.15, -0.1) is 11.3 Å². The fraction of sp³-hybridized carbons (Fsp3) is 0.381. The zero-order valence-electron chi connectivity index (χ0n) is 15.7. The molecule has 1 aromatic heterocycles. The Morgan fingerprint density at radius 1 is 1.21 bits per heavy atom. The van der Waals surface area contributed by atoms with Gasteiger partial charge in [0.25, 0.3) is 0 Å². The van der Waals surface area contributed by atoms with Crippen molar-refractivity contribution in [1.29, 1.82) is 5.26 Å². The van der Waals surface area contributed by atoms with E-state index in [9.17, 15) is 14.7 Å². The summed E-state index contributed by atoms with van der Waals surface area (Å²) in [6.45, 7) is 2.11. The predicted molar refractivity (Wildman–Crippen MR) is 108 cm³/mol. The molecule has 3 N–H and O–H groups in total. The van der Waals surface area contributed by atoms with Crippen LogP contribution in [0.3, 0.4) is 0 Å². The Labute approximate surface area is 168 Å². The molecule has 7 heteroatoms. The smallest absolute Gasteiger partial charge is 0.313 e. The lowest BCUT2D eigenvalue weighted by molar-refractivity contribution is -0.136. The number of thiophene rings is 1. The van der Waals surface area contributed by atoms with Crippen LogP contribution in [-0.4, -0.2) is 23.5 Å². The summed E-state index contributed by atoms with van der Waals surface area (Å²) < 4.78 is 0. The molecular weight excluding hydrogens is 374 g/mol. The summed E-state index contributed by atoms with van der Waals surface area (Å²) >= 11 is 1.57. The first-order valence-electron chi connectivity index (χ1n) is 9.32. The normalized spacial score (nSPS) is 16.2. The van der Waals surface area contributed by atoms with Gasteiger partial charge < -0.3 is 15.7 Å². The van der Waals surface area contributed by atoms with Crippen LogP contribution in [-0.2, 0) is 15.0 Å². The molecule has 1 atom stereocenters. The van der Waals surface area contributed by atoms with Gasteiger partial charge in [-0.1, -0.05) is 25.0 Å². The van der Waals surface area contributed by atoms with Crippen LogP contribution in [0.1, 0.15) is 54.0 Å². The maximum Gasteiger partial charge on any atom is 0.313 e. The van der Waals surface area contributed by atoms with Gasteiger partial charge in [-0.2, -0.15) is 5.26 Å². The standard InChI is InChI=1S/C21H23N3O3S/c1-14(25)17-8-9-18(28-17)21(10-4-5-11-21)13-23-19(26)20(27)24-16-7-3-2-6-15(16)12-22/h2-3,6-9,14,25H,4-5,10-11,13H2,1H3,(H,23,26)(H,24,27)/t14-/m0/s1. The van der Waals surface area contributed by atoms with Crippen molar-refractivity contribution in [2.45, 2.75) is 44.1 Å². The van der Waals surface area contributed by atoms with E-state index in [4.69, 9.17) is 5.26 Å². The number of aliphatic hydroxyl groups excluding tert-OH is 1. The molecule has 6 nitrogen and oxygen atoms in total. The maximum absolute atomic E-state index is 12.3. The minimum atomic E-state index is -0.785. The third kappa shape index (κ3) is 4.24. The molecule has 0 unspecified atom stereocenters. The third-order valence-electron chi connectivity index (χ3n) is 5.21. The maximum atomic E-state index is 12.3. The molecule has 0 aliphatic heterocycles. The predicted octanol–water partition coefficient (Wildman–Crippen LogP) is 3.24. The second-order valence-corrected chi connectivity index (χ2v) is 8.27. The molecule has 1 fully saturated rings. The molecule has 2 amide bonds. The average Bonchev–Trinajstić information content (AvgIpc) is 3.37. The molecule has 1 saturated carbocycles. The Hall–Kier alpha value is -2.69. The van der Waals surface area contributed by atoms with E-state index < -0.39 is 17.9 Å². The van der Waals surface area contributed by atoms with Crippen LogP contribution in [0.4, 0.5) is 5.69 Å². The van der Waals surface area contributed by atoms with Crippen LogP contribution in [0.15, 0.2) is 36.4 Å². The number of nitriles is 1. The monoisotopic (exact) mass is 397 g/mol. The van der Waals surface area contributed by atoms with Gasteiger partial charge >= 0.3 is 11.8 Å². The average molecular weight is 398 g/mol. The lowest BCUT2D eigenvalue weighted by atomic mass is 9.84. The van der Waals surface area contributed by atoms with Gasteiger partial charge in [0.2, 0.25) is 0 Å². The molecular formula is C21H23N3O3S. The minimum absolute atomic E-state index is 0.196. The number of amides is 2. The van der Waals surface area contributed by atoms with Crippen molar-refractivity contribution in [3.05, 3.63) is 51.7 Å². The number of nitrogens with one attached hydrogen (secondary N) is 2. The SMILES string of the molecule is C[C@H](O)c1ccc(C2(CNC(=O)C(=O)Nc3ccccc3C#N)CCCC2)s1. The highest BCUT2D eigenvalue weighted by molar-refractivity contribution is 7.12. The number of anilines is 1. The van der Waals surface area contributed by atoms with Gasteiger partial charge in [-0.05, 0) is 44.0 Å². The van der Waals surface area contributed by atoms with Crippen molar-refractivity contribution >= 4 is 28.8 Å². The van der Waals surface area contributed by atoms with Crippen LogP contribution in [0.2, 0.25) is 0 Å².